The van der Waals surface area contributed by atoms with E-state index in [-0.39, 0.29) is 6.10 Å². The smallest absolute Gasteiger partial charge is 0.240 e. The molecule has 0 aromatic carbocycles. The lowest BCUT2D eigenvalue weighted by molar-refractivity contribution is 0.0384. The SMILES string of the molecule is CCOC(c1noc(CNC(C)C)n1)C1CC1. The molecule has 2 rings (SSSR count). The molecule has 1 atom stereocenters. The number of hydrogen-bond donors (Lipinski definition) is 1. The summed E-state index contributed by atoms with van der Waals surface area (Å²) in [7, 11) is 0. The zero-order valence-electron chi connectivity index (χ0n) is 10.8. The molecule has 0 bridgehead atoms. The molecule has 5 heteroatoms. The van der Waals surface area contributed by atoms with Gasteiger partial charge in [0.15, 0.2) is 0 Å². The van der Waals surface area contributed by atoms with Gasteiger partial charge in [-0.05, 0) is 25.7 Å². The highest BCUT2D eigenvalue weighted by atomic mass is 16.5. The van der Waals surface area contributed by atoms with E-state index in [1.54, 1.807) is 0 Å². The predicted octanol–water partition coefficient (Wildman–Crippen LogP) is 2.06. The highest BCUT2D eigenvalue weighted by Gasteiger charge is 2.36. The minimum Gasteiger partial charge on any atom is -0.370 e. The molecular weight excluding hydrogens is 218 g/mol. The lowest BCUT2D eigenvalue weighted by Crippen LogP contribution is -2.22. The van der Waals surface area contributed by atoms with Crippen molar-refractivity contribution < 1.29 is 9.26 Å². The van der Waals surface area contributed by atoms with Crippen LogP contribution in [-0.4, -0.2) is 22.8 Å². The lowest BCUT2D eigenvalue weighted by Gasteiger charge is -2.11. The molecule has 0 saturated heterocycles. The van der Waals surface area contributed by atoms with E-state index in [4.69, 9.17) is 9.26 Å². The first-order valence-corrected chi connectivity index (χ1v) is 6.38. The largest absolute Gasteiger partial charge is 0.370 e. The van der Waals surface area contributed by atoms with Crippen LogP contribution < -0.4 is 5.32 Å². The van der Waals surface area contributed by atoms with Crippen molar-refractivity contribution in [3.8, 4) is 0 Å². The Balaban J connectivity index is 1.95. The number of nitrogens with zero attached hydrogens (tertiary/aromatic N) is 2. The Hall–Kier alpha value is -0.940. The first kappa shape index (κ1) is 12.5. The fourth-order valence-corrected chi connectivity index (χ4v) is 1.75. The van der Waals surface area contributed by atoms with Crippen molar-refractivity contribution in [3.05, 3.63) is 11.7 Å². The molecule has 17 heavy (non-hydrogen) atoms. The molecule has 1 aliphatic carbocycles. The van der Waals surface area contributed by atoms with Crippen LogP contribution in [-0.2, 0) is 11.3 Å². The quantitative estimate of drug-likeness (QED) is 0.789. The van der Waals surface area contributed by atoms with E-state index < -0.39 is 0 Å². The van der Waals surface area contributed by atoms with E-state index in [1.165, 1.54) is 12.8 Å². The highest BCUT2D eigenvalue weighted by Crippen LogP contribution is 2.42. The number of rotatable bonds is 7. The summed E-state index contributed by atoms with van der Waals surface area (Å²) in [5.74, 6) is 1.92. The van der Waals surface area contributed by atoms with Crippen LogP contribution in [0.3, 0.4) is 0 Å². The topological polar surface area (TPSA) is 60.2 Å². The van der Waals surface area contributed by atoms with Gasteiger partial charge in [0.25, 0.3) is 0 Å². The molecule has 1 aliphatic rings. The molecule has 1 unspecified atom stereocenters. The van der Waals surface area contributed by atoms with E-state index in [0.29, 0.717) is 36.8 Å². The van der Waals surface area contributed by atoms with Crippen LogP contribution in [0.5, 0.6) is 0 Å². The summed E-state index contributed by atoms with van der Waals surface area (Å²) in [6.45, 7) is 7.48. The molecule has 1 saturated carbocycles. The molecule has 0 spiro atoms. The Morgan fingerprint density at radius 2 is 2.24 bits per heavy atom. The molecule has 5 nitrogen and oxygen atoms in total. The van der Waals surface area contributed by atoms with Crippen LogP contribution in [0.1, 0.15) is 51.4 Å². The Kier molecular flexibility index (Phi) is 4.12. The zero-order valence-corrected chi connectivity index (χ0v) is 10.8. The first-order valence-electron chi connectivity index (χ1n) is 6.38. The molecule has 0 radical (unpaired) electrons. The molecule has 1 fully saturated rings. The third-order valence-electron chi connectivity index (χ3n) is 2.80. The molecule has 1 heterocycles. The van der Waals surface area contributed by atoms with Crippen LogP contribution in [0, 0.1) is 5.92 Å². The average Bonchev–Trinajstić information content (AvgIpc) is 3.02. The molecule has 1 N–H and O–H groups in total. The molecule has 96 valence electrons. The minimum absolute atomic E-state index is 0.0246. The van der Waals surface area contributed by atoms with Crippen molar-refractivity contribution >= 4 is 0 Å². The van der Waals surface area contributed by atoms with Gasteiger partial charge in [0.1, 0.15) is 6.10 Å². The van der Waals surface area contributed by atoms with E-state index in [1.807, 2.05) is 6.92 Å². The summed E-state index contributed by atoms with van der Waals surface area (Å²) in [5.41, 5.74) is 0. The van der Waals surface area contributed by atoms with Crippen LogP contribution in [0.4, 0.5) is 0 Å². The summed E-state index contributed by atoms with van der Waals surface area (Å²) < 4.78 is 10.9. The van der Waals surface area contributed by atoms with E-state index in [2.05, 4.69) is 29.3 Å². The van der Waals surface area contributed by atoms with Gasteiger partial charge in [0.2, 0.25) is 11.7 Å². The van der Waals surface area contributed by atoms with Gasteiger partial charge in [-0.2, -0.15) is 4.98 Å². The molecule has 0 aliphatic heterocycles. The number of aromatic nitrogens is 2. The molecule has 0 amide bonds. The summed E-state index contributed by atoms with van der Waals surface area (Å²) in [4.78, 5) is 4.40. The van der Waals surface area contributed by atoms with Crippen LogP contribution >= 0.6 is 0 Å². The Morgan fingerprint density at radius 1 is 1.47 bits per heavy atom. The lowest BCUT2D eigenvalue weighted by atomic mass is 10.2. The second kappa shape index (κ2) is 5.60. The third-order valence-corrected chi connectivity index (χ3v) is 2.80. The van der Waals surface area contributed by atoms with Crippen molar-refractivity contribution in [2.24, 2.45) is 5.92 Å². The van der Waals surface area contributed by atoms with Crippen molar-refractivity contribution in [2.75, 3.05) is 6.61 Å². The van der Waals surface area contributed by atoms with E-state index in [9.17, 15) is 0 Å². The van der Waals surface area contributed by atoms with Crippen molar-refractivity contribution in [1.82, 2.24) is 15.5 Å². The van der Waals surface area contributed by atoms with Gasteiger partial charge in [-0.1, -0.05) is 19.0 Å². The maximum atomic E-state index is 5.69. The fourth-order valence-electron chi connectivity index (χ4n) is 1.75. The summed E-state index contributed by atoms with van der Waals surface area (Å²) in [6, 6.07) is 0.413. The van der Waals surface area contributed by atoms with Gasteiger partial charge < -0.3 is 14.6 Å². The standard InChI is InChI=1S/C12H21N3O2/c1-4-16-11(9-5-6-9)12-14-10(17-15-12)7-13-8(2)3/h8-9,11,13H,4-7H2,1-3H3. The van der Waals surface area contributed by atoms with Crippen molar-refractivity contribution in [3.63, 3.8) is 0 Å². The number of ether oxygens (including phenoxy) is 1. The second-order valence-corrected chi connectivity index (χ2v) is 4.80. The Morgan fingerprint density at radius 3 is 2.82 bits per heavy atom. The maximum absolute atomic E-state index is 5.69. The van der Waals surface area contributed by atoms with Gasteiger partial charge in [-0.15, -0.1) is 0 Å². The van der Waals surface area contributed by atoms with Gasteiger partial charge in [-0.25, -0.2) is 0 Å². The van der Waals surface area contributed by atoms with Crippen LogP contribution in [0.2, 0.25) is 0 Å². The average molecular weight is 239 g/mol. The summed E-state index contributed by atoms with van der Waals surface area (Å²) >= 11 is 0. The van der Waals surface area contributed by atoms with Gasteiger partial charge in [-0.3, -0.25) is 0 Å². The van der Waals surface area contributed by atoms with Gasteiger partial charge >= 0.3 is 0 Å². The summed E-state index contributed by atoms with van der Waals surface area (Å²) in [6.07, 6.45) is 2.44. The monoisotopic (exact) mass is 239 g/mol. The predicted molar refractivity (Wildman–Crippen MR) is 63.4 cm³/mol. The second-order valence-electron chi connectivity index (χ2n) is 4.80. The van der Waals surface area contributed by atoms with Crippen LogP contribution in [0.15, 0.2) is 4.52 Å². The molecule has 1 aromatic rings. The normalized spacial score (nSPS) is 17.6. The minimum atomic E-state index is 0.0246. The van der Waals surface area contributed by atoms with E-state index >= 15 is 0 Å². The maximum Gasteiger partial charge on any atom is 0.240 e. The Labute approximate surface area is 102 Å². The number of nitrogens with one attached hydrogen (secondary N) is 1. The van der Waals surface area contributed by atoms with Crippen LogP contribution in [0.25, 0.3) is 0 Å². The van der Waals surface area contributed by atoms with Gasteiger partial charge in [0.05, 0.1) is 6.54 Å². The first-order chi connectivity index (χ1) is 8.20. The van der Waals surface area contributed by atoms with Gasteiger partial charge in [0, 0.05) is 12.6 Å². The fraction of sp³-hybridized carbons (Fsp3) is 0.833. The molecular formula is C12H21N3O2. The summed E-state index contributed by atoms with van der Waals surface area (Å²) in [5, 5.41) is 7.28. The van der Waals surface area contributed by atoms with E-state index in [0.717, 1.165) is 0 Å². The molecule has 1 aromatic heterocycles. The van der Waals surface area contributed by atoms with Crippen molar-refractivity contribution in [1.29, 1.82) is 0 Å². The Bertz CT molecular complexity index is 347. The number of hydrogen-bond acceptors (Lipinski definition) is 5. The highest BCUT2D eigenvalue weighted by molar-refractivity contribution is 4.98. The zero-order chi connectivity index (χ0) is 12.3. The third kappa shape index (κ3) is 3.51. The van der Waals surface area contributed by atoms with Crippen molar-refractivity contribution in [2.45, 2.75) is 52.3 Å².